The lowest BCUT2D eigenvalue weighted by molar-refractivity contribution is 0.181. The van der Waals surface area contributed by atoms with Crippen LogP contribution in [-0.4, -0.2) is 24.1 Å². The van der Waals surface area contributed by atoms with Crippen molar-refractivity contribution in [2.24, 2.45) is 0 Å². The molecule has 0 aromatic carbocycles. The highest BCUT2D eigenvalue weighted by Gasteiger charge is 2.07. The van der Waals surface area contributed by atoms with E-state index < -0.39 is 0 Å². The van der Waals surface area contributed by atoms with Crippen molar-refractivity contribution in [3.8, 4) is 0 Å². The topological polar surface area (TPSA) is 67.0 Å². The zero-order chi connectivity index (χ0) is 9.84. The number of ether oxygens (including phenoxy) is 1. The molecule has 0 unspecified atom stereocenters. The lowest BCUT2D eigenvalue weighted by Gasteiger charge is -2.04. The van der Waals surface area contributed by atoms with Gasteiger partial charge in [-0.2, -0.15) is 0 Å². The average molecular weight is 248 g/mol. The molecule has 0 atom stereocenters. The van der Waals surface area contributed by atoms with E-state index in [9.17, 15) is 4.79 Å². The Morgan fingerprint density at radius 1 is 1.69 bits per heavy atom. The Kier molecular flexibility index (Phi) is 3.44. The van der Waals surface area contributed by atoms with Gasteiger partial charge < -0.3 is 10.1 Å². The fourth-order valence-corrected chi connectivity index (χ4v) is 1.16. The summed E-state index contributed by atoms with van der Waals surface area (Å²) in [5, 5.41) is 2.75. The highest BCUT2D eigenvalue weighted by atomic mass is 79.9. The number of rotatable bonds is 3. The molecule has 13 heavy (non-hydrogen) atoms. The summed E-state index contributed by atoms with van der Waals surface area (Å²) in [4.78, 5) is 17.9. The third kappa shape index (κ3) is 2.28. The second kappa shape index (κ2) is 4.38. The first-order chi connectivity index (χ1) is 6.19. The number of anilines is 1. The van der Waals surface area contributed by atoms with Gasteiger partial charge in [-0.1, -0.05) is 0 Å². The Morgan fingerprint density at radius 3 is 2.92 bits per heavy atom. The molecular weight excluding hydrogens is 238 g/mol. The van der Waals surface area contributed by atoms with E-state index >= 15 is 0 Å². The lowest BCUT2D eigenvalue weighted by atomic mass is 10.4. The van der Waals surface area contributed by atoms with Crippen molar-refractivity contribution < 1.29 is 4.74 Å². The summed E-state index contributed by atoms with van der Waals surface area (Å²) in [6.07, 6.45) is 0. The monoisotopic (exact) mass is 247 g/mol. The number of halogens is 1. The summed E-state index contributed by atoms with van der Waals surface area (Å²) >= 11 is 3.13. The molecule has 1 aromatic rings. The molecule has 0 aliphatic heterocycles. The van der Waals surface area contributed by atoms with Crippen molar-refractivity contribution in [1.29, 1.82) is 0 Å². The Morgan fingerprint density at radius 2 is 2.38 bits per heavy atom. The molecule has 72 valence electrons. The van der Waals surface area contributed by atoms with Gasteiger partial charge in [-0.05, 0) is 15.9 Å². The molecule has 0 fully saturated rings. The van der Waals surface area contributed by atoms with E-state index in [4.69, 9.17) is 4.74 Å². The number of aromatic amines is 1. The molecule has 5 nitrogen and oxygen atoms in total. The Balaban J connectivity index is 3.17. The SMILES string of the molecule is CNc1nc(COC)c(Br)c(=O)[nH]1. The second-order valence-corrected chi connectivity index (χ2v) is 3.15. The maximum atomic E-state index is 11.3. The molecule has 0 saturated carbocycles. The number of methoxy groups -OCH3 is 1. The van der Waals surface area contributed by atoms with Gasteiger partial charge in [0.2, 0.25) is 5.95 Å². The molecule has 1 rings (SSSR count). The molecular formula is C7H10BrN3O2. The van der Waals surface area contributed by atoms with E-state index in [1.165, 1.54) is 0 Å². The Bertz CT molecular complexity index is 350. The van der Waals surface area contributed by atoms with Gasteiger partial charge in [0.05, 0.1) is 12.3 Å². The quantitative estimate of drug-likeness (QED) is 0.827. The van der Waals surface area contributed by atoms with Crippen LogP contribution in [0.15, 0.2) is 9.27 Å². The van der Waals surface area contributed by atoms with Gasteiger partial charge in [-0.15, -0.1) is 0 Å². The predicted octanol–water partition coefficient (Wildman–Crippen LogP) is 0.720. The Hall–Kier alpha value is -0.880. The van der Waals surface area contributed by atoms with Crippen LogP contribution >= 0.6 is 15.9 Å². The smallest absolute Gasteiger partial charge is 0.266 e. The average Bonchev–Trinajstić information content (AvgIpc) is 2.13. The van der Waals surface area contributed by atoms with Crippen molar-refractivity contribution >= 4 is 21.9 Å². The van der Waals surface area contributed by atoms with Crippen LogP contribution in [0, 0.1) is 0 Å². The van der Waals surface area contributed by atoms with E-state index in [-0.39, 0.29) is 5.56 Å². The van der Waals surface area contributed by atoms with Gasteiger partial charge in [0.15, 0.2) is 0 Å². The number of nitrogens with zero attached hydrogens (tertiary/aromatic N) is 1. The summed E-state index contributed by atoms with van der Waals surface area (Å²) in [6, 6.07) is 0. The minimum absolute atomic E-state index is 0.216. The highest BCUT2D eigenvalue weighted by Crippen LogP contribution is 2.10. The molecule has 0 spiro atoms. The number of aromatic nitrogens is 2. The fourth-order valence-electron chi connectivity index (χ4n) is 0.856. The van der Waals surface area contributed by atoms with Gasteiger partial charge >= 0.3 is 0 Å². The standard InChI is InChI=1S/C7H10BrN3O2/c1-9-7-10-4(3-13-2)5(8)6(12)11-7/h3H2,1-2H3,(H2,9,10,11,12). The van der Waals surface area contributed by atoms with Gasteiger partial charge in [0.1, 0.15) is 4.47 Å². The van der Waals surface area contributed by atoms with E-state index in [2.05, 4.69) is 31.2 Å². The maximum Gasteiger partial charge on any atom is 0.266 e. The first-order valence-corrected chi connectivity index (χ1v) is 4.43. The number of hydrogen-bond donors (Lipinski definition) is 2. The van der Waals surface area contributed by atoms with Gasteiger partial charge in [0.25, 0.3) is 5.56 Å². The molecule has 0 aliphatic rings. The number of nitrogens with one attached hydrogen (secondary N) is 2. The normalized spacial score (nSPS) is 10.1. The van der Waals surface area contributed by atoms with Crippen LogP contribution in [0.25, 0.3) is 0 Å². The van der Waals surface area contributed by atoms with Gasteiger partial charge in [-0.3, -0.25) is 9.78 Å². The predicted molar refractivity (Wildman–Crippen MR) is 52.8 cm³/mol. The van der Waals surface area contributed by atoms with Crippen LogP contribution in [0.1, 0.15) is 5.69 Å². The molecule has 1 heterocycles. The molecule has 0 amide bonds. The van der Waals surface area contributed by atoms with Crippen LogP contribution in [0.2, 0.25) is 0 Å². The van der Waals surface area contributed by atoms with Crippen LogP contribution in [0.3, 0.4) is 0 Å². The summed E-state index contributed by atoms with van der Waals surface area (Å²) in [5.74, 6) is 0.431. The van der Waals surface area contributed by atoms with E-state index in [1.807, 2.05) is 0 Å². The summed E-state index contributed by atoms with van der Waals surface area (Å²) < 4.78 is 5.30. The summed E-state index contributed by atoms with van der Waals surface area (Å²) in [5.41, 5.74) is 0.363. The highest BCUT2D eigenvalue weighted by molar-refractivity contribution is 9.10. The molecule has 6 heteroatoms. The zero-order valence-electron chi connectivity index (χ0n) is 7.35. The van der Waals surface area contributed by atoms with Crippen molar-refractivity contribution in [2.45, 2.75) is 6.61 Å². The molecule has 0 saturated heterocycles. The molecule has 0 radical (unpaired) electrons. The van der Waals surface area contributed by atoms with Crippen LogP contribution in [0.4, 0.5) is 5.95 Å². The number of H-pyrrole nitrogens is 1. The van der Waals surface area contributed by atoms with Crippen LogP contribution in [0.5, 0.6) is 0 Å². The summed E-state index contributed by atoms with van der Waals surface area (Å²) in [6.45, 7) is 0.305. The second-order valence-electron chi connectivity index (χ2n) is 2.36. The van der Waals surface area contributed by atoms with Gasteiger partial charge in [-0.25, -0.2) is 4.98 Å². The summed E-state index contributed by atoms with van der Waals surface area (Å²) in [7, 11) is 3.23. The van der Waals surface area contributed by atoms with Crippen molar-refractivity contribution in [3.05, 3.63) is 20.5 Å². The molecule has 1 aromatic heterocycles. The molecule has 0 aliphatic carbocycles. The first kappa shape index (κ1) is 10.2. The van der Waals surface area contributed by atoms with Crippen molar-refractivity contribution in [3.63, 3.8) is 0 Å². The minimum atomic E-state index is -0.216. The number of hydrogen-bond acceptors (Lipinski definition) is 4. The first-order valence-electron chi connectivity index (χ1n) is 3.64. The van der Waals surface area contributed by atoms with Crippen LogP contribution in [-0.2, 0) is 11.3 Å². The van der Waals surface area contributed by atoms with Gasteiger partial charge in [0, 0.05) is 14.2 Å². The maximum absolute atomic E-state index is 11.3. The van der Waals surface area contributed by atoms with Crippen molar-refractivity contribution in [1.82, 2.24) is 9.97 Å². The Labute approximate surface area is 83.7 Å². The minimum Gasteiger partial charge on any atom is -0.378 e. The largest absolute Gasteiger partial charge is 0.378 e. The molecule has 0 bridgehead atoms. The van der Waals surface area contributed by atoms with E-state index in [0.29, 0.717) is 22.7 Å². The molecule has 2 N–H and O–H groups in total. The van der Waals surface area contributed by atoms with E-state index in [1.54, 1.807) is 14.2 Å². The van der Waals surface area contributed by atoms with Crippen LogP contribution < -0.4 is 10.9 Å². The zero-order valence-corrected chi connectivity index (χ0v) is 8.93. The van der Waals surface area contributed by atoms with Crippen molar-refractivity contribution in [2.75, 3.05) is 19.5 Å². The third-order valence-electron chi connectivity index (χ3n) is 1.45. The third-order valence-corrected chi connectivity index (χ3v) is 2.27. The lowest BCUT2D eigenvalue weighted by Crippen LogP contribution is -2.15. The van der Waals surface area contributed by atoms with E-state index in [0.717, 1.165) is 0 Å². The fraction of sp³-hybridized carbons (Fsp3) is 0.429.